The predicted octanol–water partition coefficient (Wildman–Crippen LogP) is 1.45. The lowest BCUT2D eigenvalue weighted by Crippen LogP contribution is -2.13. The molecule has 0 radical (unpaired) electrons. The molecule has 8 nitrogen and oxygen atoms in total. The molecule has 0 fully saturated rings. The third-order valence-electron chi connectivity index (χ3n) is 2.26. The number of anilines is 2. The molecule has 2 aromatic heterocycles. The molecule has 9 heteroatoms. The summed E-state index contributed by atoms with van der Waals surface area (Å²) in [5.74, 6) is -1.90. The van der Waals surface area contributed by atoms with Gasteiger partial charge in [-0.1, -0.05) is 0 Å². The monoisotopic (exact) mass is 306 g/mol. The second kappa shape index (κ2) is 6.09. The fourth-order valence-corrected chi connectivity index (χ4v) is 2.11. The van der Waals surface area contributed by atoms with E-state index in [4.69, 9.17) is 5.11 Å². The fraction of sp³-hybridized carbons (Fsp3) is 0.0833. The first kappa shape index (κ1) is 14.6. The Morgan fingerprint density at radius 2 is 1.95 bits per heavy atom. The van der Waals surface area contributed by atoms with Gasteiger partial charge in [-0.15, -0.1) is 11.3 Å². The number of aromatic carboxylic acids is 1. The summed E-state index contributed by atoms with van der Waals surface area (Å²) < 4.78 is 0. The van der Waals surface area contributed by atoms with Gasteiger partial charge in [-0.05, 0) is 12.1 Å². The maximum Gasteiger partial charge on any atom is 0.354 e. The van der Waals surface area contributed by atoms with Crippen LogP contribution in [0, 0.1) is 0 Å². The van der Waals surface area contributed by atoms with Crippen molar-refractivity contribution >= 4 is 39.9 Å². The topological polar surface area (TPSA) is 121 Å². The normalized spacial score (nSPS) is 9.95. The van der Waals surface area contributed by atoms with E-state index in [2.05, 4.69) is 20.6 Å². The van der Waals surface area contributed by atoms with Crippen LogP contribution in [0.5, 0.6) is 0 Å². The number of carbonyl (C=O) groups excluding carboxylic acids is 2. The van der Waals surface area contributed by atoms with Crippen molar-refractivity contribution in [3.63, 3.8) is 0 Å². The highest BCUT2D eigenvalue weighted by molar-refractivity contribution is 7.14. The number of hydrogen-bond acceptors (Lipinski definition) is 6. The number of aromatic nitrogens is 2. The van der Waals surface area contributed by atoms with Crippen LogP contribution >= 0.6 is 11.3 Å². The van der Waals surface area contributed by atoms with Gasteiger partial charge in [-0.2, -0.15) is 0 Å². The number of carboxylic acids is 1. The Balaban J connectivity index is 2.05. The van der Waals surface area contributed by atoms with Crippen molar-refractivity contribution in [3.05, 3.63) is 35.1 Å². The van der Waals surface area contributed by atoms with Gasteiger partial charge in [0.1, 0.15) is 11.4 Å². The van der Waals surface area contributed by atoms with Crippen LogP contribution in [0.4, 0.5) is 10.8 Å². The van der Waals surface area contributed by atoms with Gasteiger partial charge < -0.3 is 15.7 Å². The number of thiazole rings is 1. The second-order valence-electron chi connectivity index (χ2n) is 3.91. The van der Waals surface area contributed by atoms with E-state index in [1.54, 1.807) is 0 Å². The molecule has 2 aromatic rings. The minimum Gasteiger partial charge on any atom is -0.477 e. The van der Waals surface area contributed by atoms with Gasteiger partial charge in [0.15, 0.2) is 5.13 Å². The second-order valence-corrected chi connectivity index (χ2v) is 4.77. The van der Waals surface area contributed by atoms with E-state index >= 15 is 0 Å². The molecule has 0 saturated carbocycles. The van der Waals surface area contributed by atoms with Crippen LogP contribution in [0.3, 0.4) is 0 Å². The highest BCUT2D eigenvalue weighted by Crippen LogP contribution is 2.16. The Hall–Kier alpha value is -2.81. The minimum atomic E-state index is -1.15. The first-order valence-corrected chi connectivity index (χ1v) is 6.57. The number of nitrogens with one attached hydrogen (secondary N) is 2. The predicted molar refractivity (Wildman–Crippen MR) is 75.6 cm³/mol. The van der Waals surface area contributed by atoms with E-state index in [-0.39, 0.29) is 17.3 Å². The Kier molecular flexibility index (Phi) is 4.24. The Morgan fingerprint density at radius 1 is 1.19 bits per heavy atom. The molecule has 0 aromatic carbocycles. The van der Waals surface area contributed by atoms with Crippen LogP contribution < -0.4 is 10.6 Å². The number of carbonyl (C=O) groups is 3. The minimum absolute atomic E-state index is 0.116. The summed E-state index contributed by atoms with van der Waals surface area (Å²) in [7, 11) is 0. The van der Waals surface area contributed by atoms with Crippen LogP contribution in [0.2, 0.25) is 0 Å². The van der Waals surface area contributed by atoms with Crippen LogP contribution in [-0.4, -0.2) is 32.9 Å². The lowest BCUT2D eigenvalue weighted by molar-refractivity contribution is -0.114. The van der Waals surface area contributed by atoms with Crippen LogP contribution in [0.1, 0.15) is 27.9 Å². The average Bonchev–Trinajstić information content (AvgIpc) is 2.87. The van der Waals surface area contributed by atoms with Gasteiger partial charge in [0.25, 0.3) is 5.91 Å². The fourth-order valence-electron chi connectivity index (χ4n) is 1.38. The number of hydrogen-bond donors (Lipinski definition) is 3. The third kappa shape index (κ3) is 3.83. The maximum absolute atomic E-state index is 11.9. The van der Waals surface area contributed by atoms with E-state index in [1.165, 1.54) is 30.6 Å². The highest BCUT2D eigenvalue weighted by atomic mass is 32.1. The molecule has 0 spiro atoms. The quantitative estimate of drug-likeness (QED) is 0.786. The van der Waals surface area contributed by atoms with Gasteiger partial charge in [0.05, 0.1) is 11.9 Å². The summed E-state index contributed by atoms with van der Waals surface area (Å²) in [6.45, 7) is 1.34. The smallest absolute Gasteiger partial charge is 0.354 e. The number of pyridine rings is 1. The summed E-state index contributed by atoms with van der Waals surface area (Å²) >= 11 is 1.13. The summed E-state index contributed by atoms with van der Waals surface area (Å²) in [6.07, 6.45) is 1.24. The van der Waals surface area contributed by atoms with Crippen molar-refractivity contribution in [2.75, 3.05) is 10.6 Å². The van der Waals surface area contributed by atoms with Gasteiger partial charge in [-0.3, -0.25) is 9.59 Å². The van der Waals surface area contributed by atoms with E-state index in [9.17, 15) is 14.4 Å². The third-order valence-corrected chi connectivity index (χ3v) is 3.02. The Labute approximate surface area is 122 Å². The Morgan fingerprint density at radius 3 is 2.52 bits per heavy atom. The van der Waals surface area contributed by atoms with Crippen molar-refractivity contribution in [2.45, 2.75) is 6.92 Å². The molecule has 3 N–H and O–H groups in total. The molecule has 2 heterocycles. The largest absolute Gasteiger partial charge is 0.477 e. The number of rotatable bonds is 4. The van der Waals surface area contributed by atoms with Crippen molar-refractivity contribution in [3.8, 4) is 0 Å². The van der Waals surface area contributed by atoms with Gasteiger partial charge in [0, 0.05) is 12.3 Å². The summed E-state index contributed by atoms with van der Waals surface area (Å²) in [5, 5.41) is 15.5. The molecule has 0 aliphatic carbocycles. The molecule has 21 heavy (non-hydrogen) atoms. The van der Waals surface area contributed by atoms with E-state index in [0.29, 0.717) is 10.8 Å². The lowest BCUT2D eigenvalue weighted by Gasteiger charge is -2.02. The molecule has 0 saturated heterocycles. The van der Waals surface area contributed by atoms with Crippen LogP contribution in [0.25, 0.3) is 0 Å². The number of amides is 2. The van der Waals surface area contributed by atoms with Gasteiger partial charge in [0.2, 0.25) is 5.91 Å². The molecule has 2 amide bonds. The molecule has 0 aliphatic heterocycles. The number of nitrogens with zero attached hydrogens (tertiary/aromatic N) is 2. The SMILES string of the molecule is CC(=O)Nc1nc(C(=O)Nc2ccc(C(=O)O)nc2)cs1. The van der Waals surface area contributed by atoms with Crippen molar-refractivity contribution in [1.82, 2.24) is 9.97 Å². The van der Waals surface area contributed by atoms with Crippen LogP contribution in [-0.2, 0) is 4.79 Å². The van der Waals surface area contributed by atoms with Crippen molar-refractivity contribution in [2.24, 2.45) is 0 Å². The van der Waals surface area contributed by atoms with Crippen LogP contribution in [0.15, 0.2) is 23.7 Å². The molecular weight excluding hydrogens is 296 g/mol. The zero-order valence-corrected chi connectivity index (χ0v) is 11.6. The molecular formula is C12H10N4O4S. The van der Waals surface area contributed by atoms with E-state index in [1.807, 2.05) is 0 Å². The molecule has 0 aliphatic rings. The zero-order valence-electron chi connectivity index (χ0n) is 10.8. The Bertz CT molecular complexity index is 696. The first-order valence-electron chi connectivity index (χ1n) is 5.69. The van der Waals surface area contributed by atoms with Crippen molar-refractivity contribution < 1.29 is 19.5 Å². The maximum atomic E-state index is 11.9. The van der Waals surface area contributed by atoms with Crippen molar-refractivity contribution in [1.29, 1.82) is 0 Å². The summed E-state index contributed by atoms with van der Waals surface area (Å²) in [6, 6.07) is 2.71. The van der Waals surface area contributed by atoms with E-state index in [0.717, 1.165) is 11.3 Å². The zero-order chi connectivity index (χ0) is 15.4. The average molecular weight is 306 g/mol. The summed E-state index contributed by atoms with van der Waals surface area (Å²) in [4.78, 5) is 41.1. The first-order chi connectivity index (χ1) is 9.95. The lowest BCUT2D eigenvalue weighted by atomic mass is 10.3. The molecule has 2 rings (SSSR count). The number of carboxylic acid groups (broad SMARTS) is 1. The van der Waals surface area contributed by atoms with Gasteiger partial charge in [-0.25, -0.2) is 14.8 Å². The standard InChI is InChI=1S/C12H10N4O4S/c1-6(17)14-12-16-9(5-21-12)10(18)15-7-2-3-8(11(19)20)13-4-7/h2-5H,1H3,(H,15,18)(H,19,20)(H,14,16,17). The molecule has 0 bridgehead atoms. The molecule has 0 unspecified atom stereocenters. The summed E-state index contributed by atoms with van der Waals surface area (Å²) in [5.41, 5.74) is 0.375. The molecule has 0 atom stereocenters. The van der Waals surface area contributed by atoms with Gasteiger partial charge >= 0.3 is 5.97 Å². The highest BCUT2D eigenvalue weighted by Gasteiger charge is 2.12. The molecule has 108 valence electrons. The van der Waals surface area contributed by atoms with E-state index < -0.39 is 11.9 Å².